The largest absolute Gasteiger partial charge is 0.326 e. The van der Waals surface area contributed by atoms with Crippen molar-refractivity contribution in [1.82, 2.24) is 4.90 Å². The molecule has 2 aromatic carbocycles. The number of anilines is 1. The maximum Gasteiger partial charge on any atom is 0.261 e. The first-order valence-electron chi connectivity index (χ1n) is 10.1. The average molecular weight is 481 g/mol. The Morgan fingerprint density at radius 1 is 0.906 bits per heavy atom. The lowest BCUT2D eigenvalue weighted by Crippen LogP contribution is -2.39. The van der Waals surface area contributed by atoms with Gasteiger partial charge < -0.3 is 4.90 Å². The predicted molar refractivity (Wildman–Crippen MR) is 129 cm³/mol. The van der Waals surface area contributed by atoms with Crippen molar-refractivity contribution in [3.05, 3.63) is 104 Å². The molecule has 0 unspecified atom stereocenters. The number of fused-ring (bicyclic) bond motifs is 1. The molecule has 32 heavy (non-hydrogen) atoms. The Morgan fingerprint density at radius 2 is 1.69 bits per heavy atom. The van der Waals surface area contributed by atoms with Crippen molar-refractivity contribution in [2.45, 2.75) is 17.4 Å². The van der Waals surface area contributed by atoms with Gasteiger partial charge in [-0.1, -0.05) is 24.3 Å². The van der Waals surface area contributed by atoms with Gasteiger partial charge in [-0.25, -0.2) is 8.42 Å². The Labute approximate surface area is 195 Å². The van der Waals surface area contributed by atoms with E-state index in [0.29, 0.717) is 17.8 Å². The van der Waals surface area contributed by atoms with Crippen LogP contribution in [0.3, 0.4) is 0 Å². The van der Waals surface area contributed by atoms with E-state index in [1.54, 1.807) is 77.3 Å². The number of carbonyl (C=O) groups excluding carboxylic acids is 1. The van der Waals surface area contributed by atoms with Crippen LogP contribution in [0.4, 0.5) is 5.69 Å². The van der Waals surface area contributed by atoms with Crippen molar-refractivity contribution in [3.63, 3.8) is 0 Å². The lowest BCUT2D eigenvalue weighted by molar-refractivity contribution is 0.0699. The van der Waals surface area contributed by atoms with Crippen LogP contribution in [0.15, 0.2) is 88.5 Å². The molecule has 5 rings (SSSR count). The minimum absolute atomic E-state index is 0.0577. The Balaban J connectivity index is 1.39. The van der Waals surface area contributed by atoms with Crippen LogP contribution >= 0.6 is 22.7 Å². The zero-order chi connectivity index (χ0) is 22.1. The van der Waals surface area contributed by atoms with Crippen LogP contribution in [-0.2, 0) is 16.4 Å². The molecule has 0 spiro atoms. The maximum atomic E-state index is 13.5. The van der Waals surface area contributed by atoms with Crippen LogP contribution < -0.4 is 4.72 Å². The van der Waals surface area contributed by atoms with Crippen molar-refractivity contribution in [3.8, 4) is 0 Å². The fraction of sp³-hybridized carbons (Fsp3) is 0.125. The summed E-state index contributed by atoms with van der Waals surface area (Å²) < 4.78 is 27.7. The molecule has 4 aromatic rings. The highest BCUT2D eigenvalue weighted by Crippen LogP contribution is 2.40. The highest BCUT2D eigenvalue weighted by Gasteiger charge is 2.33. The van der Waals surface area contributed by atoms with E-state index in [1.165, 1.54) is 10.4 Å². The summed E-state index contributed by atoms with van der Waals surface area (Å²) in [7, 11) is -3.68. The van der Waals surface area contributed by atoms with Crippen molar-refractivity contribution in [1.29, 1.82) is 0 Å². The number of nitrogens with one attached hydrogen (secondary N) is 1. The topological polar surface area (TPSA) is 66.5 Å². The molecule has 1 aliphatic rings. The number of hydrogen-bond donors (Lipinski definition) is 1. The van der Waals surface area contributed by atoms with Crippen molar-refractivity contribution >= 4 is 44.3 Å². The lowest BCUT2D eigenvalue weighted by atomic mass is 9.97. The number of hydrogen-bond acceptors (Lipinski definition) is 5. The van der Waals surface area contributed by atoms with Crippen LogP contribution in [0.2, 0.25) is 0 Å². The van der Waals surface area contributed by atoms with Gasteiger partial charge in [0.15, 0.2) is 0 Å². The zero-order valence-corrected chi connectivity index (χ0v) is 19.4. The first-order valence-corrected chi connectivity index (χ1v) is 13.4. The summed E-state index contributed by atoms with van der Waals surface area (Å²) in [6.07, 6.45) is 0.843. The van der Waals surface area contributed by atoms with Crippen LogP contribution in [0.1, 0.15) is 31.7 Å². The molecule has 8 heteroatoms. The van der Waals surface area contributed by atoms with Gasteiger partial charge in [0.25, 0.3) is 15.9 Å². The first-order chi connectivity index (χ1) is 15.5. The molecule has 0 fully saturated rings. The second kappa shape index (κ2) is 8.54. The quantitative estimate of drug-likeness (QED) is 0.416. The van der Waals surface area contributed by atoms with E-state index < -0.39 is 10.0 Å². The average Bonchev–Trinajstić information content (AvgIpc) is 3.51. The molecule has 0 saturated carbocycles. The van der Waals surface area contributed by atoms with Crippen molar-refractivity contribution in [2.75, 3.05) is 11.3 Å². The zero-order valence-electron chi connectivity index (χ0n) is 17.0. The SMILES string of the molecule is O=C(c1ccc(NS(=O)(=O)c2ccccc2)cc1)N1CCc2sccc2[C@@H]1c1cccs1. The predicted octanol–water partition coefficient (Wildman–Crippen LogP) is 5.40. The summed E-state index contributed by atoms with van der Waals surface area (Å²) in [5.41, 5.74) is 2.15. The Hall–Kier alpha value is -2.94. The van der Waals surface area contributed by atoms with Gasteiger partial charge in [-0.05, 0) is 71.3 Å². The molecule has 1 atom stereocenters. The Kier molecular flexibility index (Phi) is 5.58. The smallest absolute Gasteiger partial charge is 0.261 e. The number of sulfonamides is 1. The highest BCUT2D eigenvalue weighted by atomic mass is 32.2. The fourth-order valence-electron chi connectivity index (χ4n) is 3.95. The summed E-state index contributed by atoms with van der Waals surface area (Å²) in [5.74, 6) is -0.0577. The Bertz CT molecular complexity index is 1330. The van der Waals surface area contributed by atoms with E-state index in [1.807, 2.05) is 16.3 Å². The number of amides is 1. The first kappa shape index (κ1) is 20.9. The molecule has 1 N–H and O–H groups in total. The van der Waals surface area contributed by atoms with Gasteiger partial charge >= 0.3 is 0 Å². The van der Waals surface area contributed by atoms with E-state index in [9.17, 15) is 13.2 Å². The normalized spacial score (nSPS) is 15.9. The summed E-state index contributed by atoms with van der Waals surface area (Å²) in [4.78, 5) is 18.0. The minimum Gasteiger partial charge on any atom is -0.326 e. The van der Waals surface area contributed by atoms with Crippen LogP contribution in [-0.4, -0.2) is 25.8 Å². The van der Waals surface area contributed by atoms with Gasteiger partial charge in [0.1, 0.15) is 0 Å². The third kappa shape index (κ3) is 3.97. The molecule has 5 nitrogen and oxygen atoms in total. The second-order valence-corrected chi connectivity index (χ2v) is 11.1. The monoisotopic (exact) mass is 480 g/mol. The van der Waals surface area contributed by atoms with Crippen LogP contribution in [0.25, 0.3) is 0 Å². The molecule has 3 heterocycles. The fourth-order valence-corrected chi connectivity index (χ4v) is 6.79. The number of carbonyl (C=O) groups is 1. The summed E-state index contributed by atoms with van der Waals surface area (Å²) >= 11 is 3.40. The van der Waals surface area contributed by atoms with E-state index in [4.69, 9.17) is 0 Å². The molecule has 0 radical (unpaired) electrons. The van der Waals surface area contributed by atoms with Gasteiger partial charge in [-0.3, -0.25) is 9.52 Å². The molecule has 162 valence electrons. The number of rotatable bonds is 5. The van der Waals surface area contributed by atoms with E-state index in [0.717, 1.165) is 11.3 Å². The second-order valence-electron chi connectivity index (χ2n) is 7.46. The Morgan fingerprint density at radius 3 is 2.41 bits per heavy atom. The summed E-state index contributed by atoms with van der Waals surface area (Å²) in [6, 6.07) is 20.9. The molecular weight excluding hydrogens is 460 g/mol. The van der Waals surface area contributed by atoms with Crippen LogP contribution in [0, 0.1) is 0 Å². The van der Waals surface area contributed by atoms with Gasteiger partial charge in [-0.2, -0.15) is 0 Å². The van der Waals surface area contributed by atoms with E-state index >= 15 is 0 Å². The van der Waals surface area contributed by atoms with Gasteiger partial charge in [0.05, 0.1) is 10.9 Å². The summed E-state index contributed by atoms with van der Waals surface area (Å²) in [5, 5.41) is 4.12. The third-order valence-electron chi connectivity index (χ3n) is 5.48. The van der Waals surface area contributed by atoms with Crippen molar-refractivity contribution < 1.29 is 13.2 Å². The molecule has 0 saturated heterocycles. The number of thiophene rings is 2. The standard InChI is InChI=1S/C24H20N2O3S3/c27-24(26-14-12-21-20(13-16-31-21)23(26)22-7-4-15-30-22)17-8-10-18(11-9-17)25-32(28,29)19-5-2-1-3-6-19/h1-11,13,15-16,23,25H,12,14H2/t23-/m1/s1. The van der Waals surface area contributed by atoms with Crippen molar-refractivity contribution in [2.24, 2.45) is 0 Å². The molecule has 1 aliphatic heterocycles. The lowest BCUT2D eigenvalue weighted by Gasteiger charge is -2.35. The molecule has 0 bridgehead atoms. The third-order valence-corrected chi connectivity index (χ3v) is 8.80. The molecule has 1 amide bonds. The maximum absolute atomic E-state index is 13.5. The highest BCUT2D eigenvalue weighted by molar-refractivity contribution is 7.92. The summed E-state index contributed by atoms with van der Waals surface area (Å²) in [6.45, 7) is 0.650. The number of nitrogens with zero attached hydrogens (tertiary/aromatic N) is 1. The van der Waals surface area contributed by atoms with Gasteiger partial charge in [0.2, 0.25) is 0 Å². The van der Waals surface area contributed by atoms with Gasteiger partial charge in [0, 0.05) is 27.5 Å². The van der Waals surface area contributed by atoms with Gasteiger partial charge in [-0.15, -0.1) is 22.7 Å². The molecule has 2 aromatic heterocycles. The number of benzene rings is 2. The molecule has 0 aliphatic carbocycles. The molecular formula is C24H20N2O3S3. The minimum atomic E-state index is -3.68. The van der Waals surface area contributed by atoms with E-state index in [2.05, 4.69) is 22.2 Å². The van der Waals surface area contributed by atoms with Crippen LogP contribution in [0.5, 0.6) is 0 Å². The van der Waals surface area contributed by atoms with E-state index in [-0.39, 0.29) is 16.8 Å².